The molecule has 14 heavy (non-hydrogen) atoms. The van der Waals surface area contributed by atoms with E-state index >= 15 is 0 Å². The van der Waals surface area contributed by atoms with Crippen LogP contribution in [0.3, 0.4) is 0 Å². The molecule has 5 nitrogen and oxygen atoms in total. The molecule has 82 valence electrons. The van der Waals surface area contributed by atoms with Gasteiger partial charge in [0.05, 0.1) is 12.5 Å². The molecule has 0 saturated heterocycles. The Kier molecular flexibility index (Phi) is 4.82. The van der Waals surface area contributed by atoms with Gasteiger partial charge in [-0.1, -0.05) is 5.16 Å². The molecule has 0 aliphatic heterocycles. The van der Waals surface area contributed by atoms with Gasteiger partial charge in [-0.05, 0) is 6.92 Å². The predicted molar refractivity (Wildman–Crippen MR) is 46.2 cm³/mol. The monoisotopic (exact) mass is 209 g/mol. The number of halogens is 2. The molecule has 0 rings (SSSR count). The number of carbonyl (C=O) groups is 1. The quantitative estimate of drug-likeness (QED) is 0.298. The van der Waals surface area contributed by atoms with Crippen LogP contribution in [-0.4, -0.2) is 41.9 Å². The molecule has 0 fully saturated rings. The van der Waals surface area contributed by atoms with E-state index in [0.29, 0.717) is 0 Å². The summed E-state index contributed by atoms with van der Waals surface area (Å²) in [7, 11) is 1.23. The Morgan fingerprint density at radius 3 is 2.50 bits per heavy atom. The normalized spacial score (nSPS) is 14.2. The summed E-state index contributed by atoms with van der Waals surface area (Å²) in [5, 5.41) is 10.9. The molecule has 1 atom stereocenters. The lowest BCUT2D eigenvalue weighted by Crippen LogP contribution is -2.40. The van der Waals surface area contributed by atoms with Crippen molar-refractivity contribution in [2.75, 3.05) is 13.6 Å². The van der Waals surface area contributed by atoms with Gasteiger partial charge < -0.3 is 15.8 Å². The Morgan fingerprint density at radius 1 is 1.64 bits per heavy atom. The minimum atomic E-state index is -2.59. The second kappa shape index (κ2) is 5.36. The average Bonchev–Trinajstić information content (AvgIpc) is 2.13. The SMILES string of the molecule is CC(C(=O)N(C)CC(F)F)C(N)=NO. The zero-order valence-corrected chi connectivity index (χ0v) is 7.94. The largest absolute Gasteiger partial charge is 0.409 e. The van der Waals surface area contributed by atoms with E-state index in [0.717, 1.165) is 4.90 Å². The molecule has 0 heterocycles. The van der Waals surface area contributed by atoms with Crippen molar-refractivity contribution in [1.82, 2.24) is 4.90 Å². The highest BCUT2D eigenvalue weighted by Crippen LogP contribution is 2.03. The summed E-state index contributed by atoms with van der Waals surface area (Å²) >= 11 is 0. The van der Waals surface area contributed by atoms with E-state index in [9.17, 15) is 13.6 Å². The Morgan fingerprint density at radius 2 is 2.14 bits per heavy atom. The van der Waals surface area contributed by atoms with Gasteiger partial charge in [-0.2, -0.15) is 0 Å². The minimum Gasteiger partial charge on any atom is -0.409 e. The zero-order chi connectivity index (χ0) is 11.3. The molecule has 0 aromatic heterocycles. The molecule has 0 saturated carbocycles. The predicted octanol–water partition coefficient (Wildman–Crippen LogP) is 0.0924. The summed E-state index contributed by atoms with van der Waals surface area (Å²) in [4.78, 5) is 12.1. The molecule has 0 bridgehead atoms. The molecule has 7 heteroatoms. The molecule has 0 spiro atoms. The van der Waals surface area contributed by atoms with Crippen LogP contribution in [0.2, 0.25) is 0 Å². The van der Waals surface area contributed by atoms with Gasteiger partial charge in [-0.15, -0.1) is 0 Å². The molecule has 1 amide bonds. The first-order chi connectivity index (χ1) is 6.40. The van der Waals surface area contributed by atoms with Crippen LogP contribution in [0.25, 0.3) is 0 Å². The summed E-state index contributed by atoms with van der Waals surface area (Å²) in [6.45, 7) is 0.710. The third-order valence-corrected chi connectivity index (χ3v) is 1.72. The number of oxime groups is 1. The van der Waals surface area contributed by atoms with Crippen molar-refractivity contribution >= 4 is 11.7 Å². The maximum Gasteiger partial charge on any atom is 0.255 e. The number of amidine groups is 1. The number of alkyl halides is 2. The number of hydrogen-bond donors (Lipinski definition) is 2. The van der Waals surface area contributed by atoms with Crippen LogP contribution < -0.4 is 5.73 Å². The molecular formula is C7H13F2N3O2. The number of hydrogen-bond acceptors (Lipinski definition) is 3. The molecule has 3 N–H and O–H groups in total. The Balaban J connectivity index is 4.32. The topological polar surface area (TPSA) is 78.9 Å². The lowest BCUT2D eigenvalue weighted by Gasteiger charge is -2.19. The number of rotatable bonds is 4. The van der Waals surface area contributed by atoms with E-state index in [-0.39, 0.29) is 5.84 Å². The molecule has 0 aliphatic carbocycles. The van der Waals surface area contributed by atoms with Crippen molar-refractivity contribution in [2.24, 2.45) is 16.8 Å². The van der Waals surface area contributed by atoms with Crippen molar-refractivity contribution in [3.8, 4) is 0 Å². The first-order valence-corrected chi connectivity index (χ1v) is 3.90. The van der Waals surface area contributed by atoms with Crippen molar-refractivity contribution in [3.63, 3.8) is 0 Å². The maximum atomic E-state index is 11.9. The standard InChI is InChI=1S/C7H13F2N3O2/c1-4(6(10)11-14)7(13)12(2)3-5(8)9/h4-5,14H,3H2,1-2H3,(H2,10,11). The van der Waals surface area contributed by atoms with E-state index in [1.165, 1.54) is 14.0 Å². The Hall–Kier alpha value is -1.40. The van der Waals surface area contributed by atoms with Gasteiger partial charge in [0, 0.05) is 7.05 Å². The maximum absolute atomic E-state index is 11.9. The highest BCUT2D eigenvalue weighted by molar-refractivity contribution is 6.01. The fourth-order valence-corrected chi connectivity index (χ4v) is 0.841. The second-order valence-corrected chi connectivity index (χ2v) is 2.86. The van der Waals surface area contributed by atoms with Crippen molar-refractivity contribution < 1.29 is 18.8 Å². The van der Waals surface area contributed by atoms with Gasteiger partial charge in [0.15, 0.2) is 5.84 Å². The molecule has 1 unspecified atom stereocenters. The number of carbonyl (C=O) groups excluding carboxylic acids is 1. The molecule has 0 aromatic rings. The van der Waals surface area contributed by atoms with Gasteiger partial charge in [-0.3, -0.25) is 4.79 Å². The van der Waals surface area contributed by atoms with E-state index in [1.54, 1.807) is 0 Å². The highest BCUT2D eigenvalue weighted by Gasteiger charge is 2.23. The Bertz CT molecular complexity index is 233. The smallest absolute Gasteiger partial charge is 0.255 e. The van der Waals surface area contributed by atoms with Crippen molar-refractivity contribution in [2.45, 2.75) is 13.3 Å². The van der Waals surface area contributed by atoms with Crippen LogP contribution in [0, 0.1) is 5.92 Å². The van der Waals surface area contributed by atoms with Crippen molar-refractivity contribution in [3.05, 3.63) is 0 Å². The van der Waals surface area contributed by atoms with E-state index in [4.69, 9.17) is 10.9 Å². The van der Waals surface area contributed by atoms with Crippen LogP contribution in [-0.2, 0) is 4.79 Å². The fraction of sp³-hybridized carbons (Fsp3) is 0.714. The molecule has 0 aliphatic rings. The van der Waals surface area contributed by atoms with Crippen LogP contribution in [0.1, 0.15) is 6.92 Å². The van der Waals surface area contributed by atoms with E-state index in [1.807, 2.05) is 0 Å². The minimum absolute atomic E-state index is 0.295. The third kappa shape index (κ3) is 3.55. The van der Waals surface area contributed by atoms with E-state index < -0.39 is 24.8 Å². The first-order valence-electron chi connectivity index (χ1n) is 3.90. The summed E-state index contributed by atoms with van der Waals surface area (Å²) in [5.41, 5.74) is 5.15. The van der Waals surface area contributed by atoms with Crippen LogP contribution in [0.5, 0.6) is 0 Å². The lowest BCUT2D eigenvalue weighted by molar-refractivity contribution is -0.133. The van der Waals surface area contributed by atoms with Crippen LogP contribution in [0.4, 0.5) is 8.78 Å². The number of nitrogens with zero attached hydrogens (tertiary/aromatic N) is 2. The summed E-state index contributed by atoms with van der Waals surface area (Å²) in [6.07, 6.45) is -2.59. The molecule has 0 aromatic carbocycles. The molecule has 0 radical (unpaired) electrons. The Labute approximate surface area is 80.2 Å². The van der Waals surface area contributed by atoms with Crippen LogP contribution in [0.15, 0.2) is 5.16 Å². The third-order valence-electron chi connectivity index (χ3n) is 1.72. The van der Waals surface area contributed by atoms with Gasteiger partial charge in [0.2, 0.25) is 5.91 Å². The average molecular weight is 209 g/mol. The van der Waals surface area contributed by atoms with Crippen molar-refractivity contribution in [1.29, 1.82) is 0 Å². The summed E-state index contributed by atoms with van der Waals surface area (Å²) in [6, 6.07) is 0. The fourth-order valence-electron chi connectivity index (χ4n) is 0.841. The summed E-state index contributed by atoms with van der Waals surface area (Å²) < 4.78 is 23.8. The molecular weight excluding hydrogens is 196 g/mol. The first kappa shape index (κ1) is 12.6. The van der Waals surface area contributed by atoms with E-state index in [2.05, 4.69) is 5.16 Å². The number of amides is 1. The zero-order valence-electron chi connectivity index (χ0n) is 7.94. The lowest BCUT2D eigenvalue weighted by atomic mass is 10.1. The van der Waals surface area contributed by atoms with Gasteiger partial charge in [-0.25, -0.2) is 8.78 Å². The summed E-state index contributed by atoms with van der Waals surface area (Å²) in [5.74, 6) is -1.81. The van der Waals surface area contributed by atoms with Gasteiger partial charge in [0.1, 0.15) is 0 Å². The van der Waals surface area contributed by atoms with Gasteiger partial charge >= 0.3 is 0 Å². The van der Waals surface area contributed by atoms with Gasteiger partial charge in [0.25, 0.3) is 6.43 Å². The van der Waals surface area contributed by atoms with Crippen LogP contribution >= 0.6 is 0 Å². The second-order valence-electron chi connectivity index (χ2n) is 2.86. The number of nitrogens with two attached hydrogens (primary N) is 1. The highest BCUT2D eigenvalue weighted by atomic mass is 19.3.